The molecule has 0 aliphatic heterocycles. The van der Waals surface area contributed by atoms with E-state index in [0.29, 0.717) is 25.0 Å². The van der Waals surface area contributed by atoms with Gasteiger partial charge in [-0.15, -0.1) is 0 Å². The zero-order valence-corrected chi connectivity index (χ0v) is 14.6. The molecule has 134 valence electrons. The highest BCUT2D eigenvalue weighted by Crippen LogP contribution is 2.49. The smallest absolute Gasteiger partial charge is 0.306 e. The Morgan fingerprint density at radius 2 is 1.12 bits per heavy atom. The van der Waals surface area contributed by atoms with Gasteiger partial charge in [0, 0.05) is 0 Å². The van der Waals surface area contributed by atoms with E-state index in [0.717, 1.165) is 23.7 Å². The molecule has 0 saturated heterocycles. The van der Waals surface area contributed by atoms with E-state index in [1.54, 1.807) is 0 Å². The number of fused-ring (bicyclic) bond motifs is 4. The Kier molecular flexibility index (Phi) is 4.82. The van der Waals surface area contributed by atoms with Crippen LogP contribution in [-0.2, 0) is 19.1 Å². The summed E-state index contributed by atoms with van der Waals surface area (Å²) in [5.41, 5.74) is 0. The molecule has 0 aromatic rings. The van der Waals surface area contributed by atoms with Gasteiger partial charge in [-0.3, -0.25) is 9.59 Å². The average Bonchev–Trinajstić information content (AvgIpc) is 3.36. The zero-order chi connectivity index (χ0) is 16.5. The van der Waals surface area contributed by atoms with Crippen molar-refractivity contribution in [1.82, 2.24) is 0 Å². The Hall–Kier alpha value is -1.06. The molecule has 6 unspecified atom stereocenters. The van der Waals surface area contributed by atoms with Gasteiger partial charge in [-0.1, -0.05) is 12.8 Å². The summed E-state index contributed by atoms with van der Waals surface area (Å²) in [7, 11) is 0. The van der Waals surface area contributed by atoms with Crippen LogP contribution in [0.15, 0.2) is 0 Å². The molecule has 0 aromatic heterocycles. The number of hydrogen-bond donors (Lipinski definition) is 0. The number of rotatable bonds is 7. The van der Waals surface area contributed by atoms with Gasteiger partial charge in [-0.05, 0) is 74.0 Å². The number of carbonyl (C=O) groups excluding carboxylic acids is 2. The fraction of sp³-hybridized carbons (Fsp3) is 0.900. The number of carbonyl (C=O) groups is 2. The second kappa shape index (κ2) is 7.05. The van der Waals surface area contributed by atoms with Crippen molar-refractivity contribution in [2.75, 3.05) is 13.2 Å². The van der Waals surface area contributed by atoms with Crippen molar-refractivity contribution in [3.8, 4) is 0 Å². The molecule has 4 bridgehead atoms. The molecule has 0 spiro atoms. The van der Waals surface area contributed by atoms with Crippen LogP contribution in [0.5, 0.6) is 0 Å². The summed E-state index contributed by atoms with van der Waals surface area (Å²) in [5.74, 6) is 3.95. The van der Waals surface area contributed by atoms with Crippen molar-refractivity contribution in [1.29, 1.82) is 0 Å². The molecule has 4 heteroatoms. The summed E-state index contributed by atoms with van der Waals surface area (Å²) < 4.78 is 10.8. The normalized spacial score (nSPS) is 39.3. The minimum absolute atomic E-state index is 0.163. The first-order valence-electron chi connectivity index (χ1n) is 9.98. The molecule has 4 aliphatic rings. The minimum atomic E-state index is -0.241. The summed E-state index contributed by atoms with van der Waals surface area (Å²) >= 11 is 0. The molecule has 24 heavy (non-hydrogen) atoms. The van der Waals surface area contributed by atoms with E-state index in [-0.39, 0.29) is 24.8 Å². The predicted octanol–water partition coefficient (Wildman–Crippen LogP) is 3.73. The molecular weight excluding hydrogens is 304 g/mol. The van der Waals surface area contributed by atoms with Gasteiger partial charge in [-0.25, -0.2) is 0 Å². The fourth-order valence-electron chi connectivity index (χ4n) is 5.91. The molecule has 0 N–H and O–H groups in total. The highest BCUT2D eigenvalue weighted by Gasteiger charge is 2.40. The third-order valence-corrected chi connectivity index (χ3v) is 7.22. The lowest BCUT2D eigenvalue weighted by Crippen LogP contribution is -2.21. The zero-order valence-electron chi connectivity index (χ0n) is 14.6. The molecular formula is C20H30O4. The van der Waals surface area contributed by atoms with Gasteiger partial charge in [0.25, 0.3) is 0 Å². The van der Waals surface area contributed by atoms with Crippen LogP contribution in [0.4, 0.5) is 0 Å². The first-order chi connectivity index (χ1) is 11.7. The van der Waals surface area contributed by atoms with Crippen molar-refractivity contribution < 1.29 is 19.1 Å². The number of esters is 2. The van der Waals surface area contributed by atoms with Crippen LogP contribution >= 0.6 is 0 Å². The minimum Gasteiger partial charge on any atom is -0.465 e. The van der Waals surface area contributed by atoms with E-state index in [4.69, 9.17) is 9.47 Å². The van der Waals surface area contributed by atoms with Crippen molar-refractivity contribution in [2.24, 2.45) is 35.5 Å². The van der Waals surface area contributed by atoms with Gasteiger partial charge in [0.1, 0.15) is 0 Å². The van der Waals surface area contributed by atoms with Gasteiger partial charge in [0.15, 0.2) is 0 Å². The molecule has 4 saturated carbocycles. The molecule has 0 aromatic carbocycles. The van der Waals surface area contributed by atoms with E-state index in [2.05, 4.69) is 0 Å². The van der Waals surface area contributed by atoms with Crippen LogP contribution in [-0.4, -0.2) is 25.2 Å². The van der Waals surface area contributed by atoms with Crippen LogP contribution in [0, 0.1) is 35.5 Å². The Labute approximate surface area is 144 Å². The molecule has 4 nitrogen and oxygen atoms in total. The van der Waals surface area contributed by atoms with Gasteiger partial charge in [-0.2, -0.15) is 0 Å². The van der Waals surface area contributed by atoms with E-state index in [1.165, 1.54) is 51.4 Å². The molecule has 0 amide bonds. The maximum Gasteiger partial charge on any atom is 0.306 e. The lowest BCUT2D eigenvalue weighted by Gasteiger charge is -2.21. The van der Waals surface area contributed by atoms with Crippen LogP contribution in [0.1, 0.15) is 64.2 Å². The van der Waals surface area contributed by atoms with Crippen molar-refractivity contribution in [2.45, 2.75) is 64.2 Å². The van der Waals surface area contributed by atoms with E-state index >= 15 is 0 Å². The SMILES string of the molecule is O=C(CCC(=O)OCC1CC2CCC1C2)OCC1CC2CCC1C2. The quantitative estimate of drug-likeness (QED) is 0.666. The maximum atomic E-state index is 11.8. The Balaban J connectivity index is 1.08. The topological polar surface area (TPSA) is 52.6 Å². The third-order valence-electron chi connectivity index (χ3n) is 7.22. The predicted molar refractivity (Wildman–Crippen MR) is 89.0 cm³/mol. The van der Waals surface area contributed by atoms with Gasteiger partial charge in [0.2, 0.25) is 0 Å². The van der Waals surface area contributed by atoms with E-state index in [9.17, 15) is 9.59 Å². The average molecular weight is 334 g/mol. The Morgan fingerprint density at radius 1 is 0.667 bits per heavy atom. The maximum absolute atomic E-state index is 11.8. The lowest BCUT2D eigenvalue weighted by atomic mass is 9.89. The molecule has 6 atom stereocenters. The Morgan fingerprint density at radius 3 is 1.46 bits per heavy atom. The lowest BCUT2D eigenvalue weighted by molar-refractivity contribution is -0.152. The Bertz CT molecular complexity index is 444. The molecule has 4 aliphatic carbocycles. The summed E-state index contributed by atoms with van der Waals surface area (Å²) in [6, 6.07) is 0. The van der Waals surface area contributed by atoms with Gasteiger partial charge in [0.05, 0.1) is 26.1 Å². The summed E-state index contributed by atoms with van der Waals surface area (Å²) in [6.07, 6.45) is 10.8. The molecule has 0 heterocycles. The van der Waals surface area contributed by atoms with Crippen molar-refractivity contribution in [3.05, 3.63) is 0 Å². The van der Waals surface area contributed by atoms with E-state index in [1.807, 2.05) is 0 Å². The van der Waals surface area contributed by atoms with Crippen LogP contribution in [0.25, 0.3) is 0 Å². The highest BCUT2D eigenvalue weighted by atomic mass is 16.5. The first-order valence-corrected chi connectivity index (χ1v) is 9.98. The van der Waals surface area contributed by atoms with E-state index < -0.39 is 0 Å². The third kappa shape index (κ3) is 3.62. The molecule has 4 rings (SSSR count). The van der Waals surface area contributed by atoms with Crippen molar-refractivity contribution >= 4 is 11.9 Å². The highest BCUT2D eigenvalue weighted by molar-refractivity contribution is 5.77. The standard InChI is InChI=1S/C20H30O4/c21-19(23-11-17-9-13-1-3-15(17)7-13)5-6-20(22)24-12-18-10-14-2-4-16(18)8-14/h13-18H,1-12H2. The summed E-state index contributed by atoms with van der Waals surface area (Å²) in [4.78, 5) is 23.7. The van der Waals surface area contributed by atoms with Crippen LogP contribution < -0.4 is 0 Å². The summed E-state index contributed by atoms with van der Waals surface area (Å²) in [5, 5.41) is 0. The van der Waals surface area contributed by atoms with Gasteiger partial charge >= 0.3 is 11.9 Å². The fourth-order valence-corrected chi connectivity index (χ4v) is 5.91. The largest absolute Gasteiger partial charge is 0.465 e. The summed E-state index contributed by atoms with van der Waals surface area (Å²) in [6.45, 7) is 1.11. The number of ether oxygens (including phenoxy) is 2. The van der Waals surface area contributed by atoms with Gasteiger partial charge < -0.3 is 9.47 Å². The van der Waals surface area contributed by atoms with Crippen LogP contribution in [0.2, 0.25) is 0 Å². The van der Waals surface area contributed by atoms with Crippen LogP contribution in [0.3, 0.4) is 0 Å². The molecule has 0 radical (unpaired) electrons. The second-order valence-corrected chi connectivity index (χ2v) is 8.74. The van der Waals surface area contributed by atoms with Crippen molar-refractivity contribution in [3.63, 3.8) is 0 Å². The molecule has 4 fully saturated rings. The second-order valence-electron chi connectivity index (χ2n) is 8.74. The number of hydrogen-bond acceptors (Lipinski definition) is 4. The monoisotopic (exact) mass is 334 g/mol. The first kappa shape index (κ1) is 16.4.